The number of hydrogen-bond acceptors (Lipinski definition) is 4. The second-order valence-corrected chi connectivity index (χ2v) is 5.85. The van der Waals surface area contributed by atoms with E-state index in [1.807, 2.05) is 10.6 Å². The van der Waals surface area contributed by atoms with Crippen molar-refractivity contribution in [3.8, 4) is 5.88 Å². The summed E-state index contributed by atoms with van der Waals surface area (Å²) in [5.41, 5.74) is 1.99. The highest BCUT2D eigenvalue weighted by Gasteiger charge is 2.22. The summed E-state index contributed by atoms with van der Waals surface area (Å²) in [6, 6.07) is 4.14. The summed E-state index contributed by atoms with van der Waals surface area (Å²) in [4.78, 5) is 6.99. The molecule has 5 nitrogen and oxygen atoms in total. The lowest BCUT2D eigenvalue weighted by Crippen LogP contribution is -2.37. The van der Waals surface area contributed by atoms with Crippen molar-refractivity contribution in [3.63, 3.8) is 0 Å². The minimum Gasteiger partial charge on any atom is -0.479 e. The van der Waals surface area contributed by atoms with Crippen molar-refractivity contribution in [2.75, 3.05) is 25.1 Å². The van der Waals surface area contributed by atoms with Gasteiger partial charge in [0.05, 0.1) is 7.11 Å². The average molecular weight is 288 g/mol. The molecule has 3 rings (SSSR count). The molecule has 1 atom stereocenters. The number of anilines is 1. The van der Waals surface area contributed by atoms with Gasteiger partial charge in [0.15, 0.2) is 11.5 Å². The quantitative estimate of drug-likeness (QED) is 0.818. The molecule has 0 amide bonds. The third kappa shape index (κ3) is 2.57. The Labute approximate surface area is 125 Å². The van der Waals surface area contributed by atoms with Crippen LogP contribution in [0, 0.1) is 0 Å². The zero-order valence-electron chi connectivity index (χ0n) is 13.2. The number of ether oxygens (including phenoxy) is 1. The predicted octanol–water partition coefficient (Wildman–Crippen LogP) is 3.24. The molecule has 1 fully saturated rings. The topological polar surface area (TPSA) is 42.7 Å². The Morgan fingerprint density at radius 3 is 2.76 bits per heavy atom. The van der Waals surface area contributed by atoms with Gasteiger partial charge in [-0.25, -0.2) is 4.98 Å². The minimum atomic E-state index is 0.391. The monoisotopic (exact) mass is 288 g/mol. The summed E-state index contributed by atoms with van der Waals surface area (Å²) in [5, 5.41) is 4.69. The normalized spacial score (nSPS) is 16.0. The van der Waals surface area contributed by atoms with Crippen molar-refractivity contribution < 1.29 is 4.74 Å². The number of unbranched alkanes of at least 4 members (excludes halogenated alkanes) is 1. The van der Waals surface area contributed by atoms with Gasteiger partial charge in [-0.1, -0.05) is 26.7 Å². The number of pyridine rings is 1. The van der Waals surface area contributed by atoms with E-state index in [4.69, 9.17) is 9.84 Å². The van der Waals surface area contributed by atoms with E-state index in [0.717, 1.165) is 42.5 Å². The first-order valence-electron chi connectivity index (χ1n) is 7.93. The number of rotatable bonds is 6. The fraction of sp³-hybridized carbons (Fsp3) is 0.625. The summed E-state index contributed by atoms with van der Waals surface area (Å²) >= 11 is 0. The van der Waals surface area contributed by atoms with Crippen LogP contribution in [-0.4, -0.2) is 34.8 Å². The summed E-state index contributed by atoms with van der Waals surface area (Å²) in [6.07, 6.45) is 4.81. The highest BCUT2D eigenvalue weighted by molar-refractivity contribution is 5.61. The smallest absolute Gasteiger partial charge is 0.240 e. The van der Waals surface area contributed by atoms with Gasteiger partial charge >= 0.3 is 0 Å². The number of nitrogens with zero attached hydrogens (tertiary/aromatic N) is 4. The van der Waals surface area contributed by atoms with Gasteiger partial charge in [0.25, 0.3) is 0 Å². The van der Waals surface area contributed by atoms with Gasteiger partial charge < -0.3 is 9.64 Å². The molecular weight excluding hydrogens is 264 g/mol. The van der Waals surface area contributed by atoms with Crippen molar-refractivity contribution in [2.24, 2.45) is 0 Å². The Hall–Kier alpha value is -1.78. The van der Waals surface area contributed by atoms with E-state index in [1.54, 1.807) is 7.11 Å². The maximum Gasteiger partial charge on any atom is 0.240 e. The van der Waals surface area contributed by atoms with E-state index < -0.39 is 0 Å². The zero-order valence-corrected chi connectivity index (χ0v) is 13.2. The van der Waals surface area contributed by atoms with E-state index in [1.165, 1.54) is 19.3 Å². The van der Waals surface area contributed by atoms with E-state index in [-0.39, 0.29) is 0 Å². The summed E-state index contributed by atoms with van der Waals surface area (Å²) in [6.45, 7) is 6.60. The molecule has 3 heterocycles. The minimum absolute atomic E-state index is 0.391. The zero-order chi connectivity index (χ0) is 14.8. The van der Waals surface area contributed by atoms with Crippen molar-refractivity contribution in [3.05, 3.63) is 18.0 Å². The van der Waals surface area contributed by atoms with Crippen molar-refractivity contribution in [1.29, 1.82) is 0 Å². The van der Waals surface area contributed by atoms with Gasteiger partial charge in [-0.15, -0.1) is 5.10 Å². The second kappa shape index (κ2) is 5.92. The molecule has 1 unspecified atom stereocenters. The highest BCUT2D eigenvalue weighted by Crippen LogP contribution is 2.32. The Bertz CT molecular complexity index is 618. The molecule has 21 heavy (non-hydrogen) atoms. The molecule has 0 saturated carbocycles. The highest BCUT2D eigenvalue weighted by atomic mass is 16.5. The molecule has 1 aliphatic rings. The fourth-order valence-corrected chi connectivity index (χ4v) is 2.77. The lowest BCUT2D eigenvalue weighted by molar-refractivity contribution is 0.382. The Morgan fingerprint density at radius 2 is 2.14 bits per heavy atom. The molecule has 1 saturated heterocycles. The molecule has 5 heteroatoms. The largest absolute Gasteiger partial charge is 0.479 e. The number of hydrogen-bond donors (Lipinski definition) is 0. The van der Waals surface area contributed by atoms with Crippen LogP contribution in [0.2, 0.25) is 0 Å². The van der Waals surface area contributed by atoms with Gasteiger partial charge in [0.1, 0.15) is 5.69 Å². The molecule has 114 valence electrons. The van der Waals surface area contributed by atoms with Crippen LogP contribution in [0.3, 0.4) is 0 Å². The summed E-state index contributed by atoms with van der Waals surface area (Å²) in [7, 11) is 1.71. The Morgan fingerprint density at radius 1 is 1.33 bits per heavy atom. The van der Waals surface area contributed by atoms with Crippen LogP contribution < -0.4 is 9.64 Å². The van der Waals surface area contributed by atoms with E-state index in [9.17, 15) is 0 Å². The first-order chi connectivity index (χ1) is 10.2. The van der Waals surface area contributed by atoms with Gasteiger partial charge in [0.2, 0.25) is 5.88 Å². The first-order valence-corrected chi connectivity index (χ1v) is 7.93. The van der Waals surface area contributed by atoms with Crippen molar-refractivity contribution in [1.82, 2.24) is 14.6 Å². The van der Waals surface area contributed by atoms with Crippen LogP contribution in [0.25, 0.3) is 5.65 Å². The van der Waals surface area contributed by atoms with Crippen LogP contribution in [0.5, 0.6) is 5.88 Å². The molecular formula is C16H24N4O. The fourth-order valence-electron chi connectivity index (χ4n) is 2.77. The van der Waals surface area contributed by atoms with E-state index >= 15 is 0 Å². The Balaban J connectivity index is 1.96. The molecule has 0 aliphatic carbocycles. The summed E-state index contributed by atoms with van der Waals surface area (Å²) in [5.74, 6) is 2.11. The number of fused-ring (bicyclic) bond motifs is 1. The molecule has 2 aromatic heterocycles. The lowest BCUT2D eigenvalue weighted by Gasteiger charge is -2.33. The molecule has 0 aromatic carbocycles. The molecule has 0 radical (unpaired) electrons. The van der Waals surface area contributed by atoms with Crippen LogP contribution in [-0.2, 0) is 0 Å². The van der Waals surface area contributed by atoms with E-state index in [2.05, 4.69) is 29.8 Å². The maximum atomic E-state index is 5.61. The average Bonchev–Trinajstić information content (AvgIpc) is 2.86. The molecule has 0 N–H and O–H groups in total. The molecule has 2 aromatic rings. The predicted molar refractivity (Wildman–Crippen MR) is 84.3 cm³/mol. The third-order valence-corrected chi connectivity index (χ3v) is 4.27. The standard InChI is InChI=1S/C16H24N4O/c1-4-5-7-12(2)15-17-14-9-8-13(19-10-6-11-19)16(21-3)20(14)18-15/h8-9,12H,4-7,10-11H2,1-3H3. The Kier molecular flexibility index (Phi) is 3.99. The third-order valence-electron chi connectivity index (χ3n) is 4.27. The van der Waals surface area contributed by atoms with Crippen molar-refractivity contribution in [2.45, 2.75) is 45.4 Å². The van der Waals surface area contributed by atoms with Crippen LogP contribution in [0.4, 0.5) is 5.69 Å². The number of aromatic nitrogens is 3. The van der Waals surface area contributed by atoms with Gasteiger partial charge in [-0.2, -0.15) is 4.52 Å². The first kappa shape index (κ1) is 14.2. The van der Waals surface area contributed by atoms with Gasteiger partial charge in [-0.3, -0.25) is 0 Å². The van der Waals surface area contributed by atoms with Crippen LogP contribution in [0.1, 0.15) is 51.3 Å². The second-order valence-electron chi connectivity index (χ2n) is 5.85. The molecule has 0 spiro atoms. The van der Waals surface area contributed by atoms with E-state index in [0.29, 0.717) is 5.92 Å². The van der Waals surface area contributed by atoms with Crippen molar-refractivity contribution >= 4 is 11.3 Å². The molecule has 1 aliphatic heterocycles. The molecule has 0 bridgehead atoms. The number of methoxy groups -OCH3 is 1. The lowest BCUT2D eigenvalue weighted by atomic mass is 10.0. The summed E-state index contributed by atoms with van der Waals surface area (Å²) < 4.78 is 7.46. The van der Waals surface area contributed by atoms with Crippen LogP contribution in [0.15, 0.2) is 12.1 Å². The van der Waals surface area contributed by atoms with Crippen LogP contribution >= 0.6 is 0 Å². The maximum absolute atomic E-state index is 5.61. The SMILES string of the molecule is CCCCC(C)c1nc2ccc(N3CCC3)c(OC)n2n1. The van der Waals surface area contributed by atoms with Gasteiger partial charge in [-0.05, 0) is 25.0 Å². The van der Waals surface area contributed by atoms with Gasteiger partial charge in [0, 0.05) is 19.0 Å².